The van der Waals surface area contributed by atoms with Gasteiger partial charge in [0.2, 0.25) is 5.91 Å². The Morgan fingerprint density at radius 2 is 2.29 bits per heavy atom. The number of primary amides is 1. The molecule has 5 heteroatoms. The second-order valence-corrected chi connectivity index (χ2v) is 4.39. The number of thiazole rings is 1. The van der Waals surface area contributed by atoms with Gasteiger partial charge in [-0.1, -0.05) is 0 Å². The van der Waals surface area contributed by atoms with Crippen LogP contribution in [0.3, 0.4) is 0 Å². The van der Waals surface area contributed by atoms with Gasteiger partial charge in [0.05, 0.1) is 17.0 Å². The van der Waals surface area contributed by atoms with Crippen LogP contribution in [-0.2, 0) is 17.6 Å². The maximum Gasteiger partial charge on any atom is 0.224 e. The van der Waals surface area contributed by atoms with Gasteiger partial charge in [-0.05, 0) is 12.8 Å². The summed E-state index contributed by atoms with van der Waals surface area (Å²) in [5, 5.41) is 0.665. The largest absolute Gasteiger partial charge is 0.369 e. The van der Waals surface area contributed by atoms with Crippen molar-refractivity contribution in [3.8, 4) is 0 Å². The summed E-state index contributed by atoms with van der Waals surface area (Å²) < 4.78 is 0. The molecule has 14 heavy (non-hydrogen) atoms. The van der Waals surface area contributed by atoms with Crippen molar-refractivity contribution in [2.75, 3.05) is 0 Å². The molecule has 4 nitrogen and oxygen atoms in total. The lowest BCUT2D eigenvalue weighted by atomic mass is 10.0. The number of aromatic nitrogens is 1. The highest BCUT2D eigenvalue weighted by Crippen LogP contribution is 2.26. The minimum absolute atomic E-state index is 0.144. The number of hydrogen-bond donors (Lipinski definition) is 1. The Bertz CT molecular complexity index is 398. The Morgan fingerprint density at radius 1 is 1.50 bits per heavy atom. The van der Waals surface area contributed by atoms with E-state index in [0.29, 0.717) is 11.4 Å². The minimum Gasteiger partial charge on any atom is -0.369 e. The number of Topliss-reactive ketones (excluding diaryl/α,β-unsaturated/α-hetero) is 1. The van der Waals surface area contributed by atoms with E-state index in [4.69, 9.17) is 5.73 Å². The standard InChI is InChI=1S/C9H10N2O2S/c10-7(13)4-8-11-5-2-1-3-6(12)9(5)14-8/h1-4H2,(H2,10,13). The van der Waals surface area contributed by atoms with Gasteiger partial charge in [0.1, 0.15) is 5.01 Å². The monoisotopic (exact) mass is 210 g/mol. The fourth-order valence-corrected chi connectivity index (χ4v) is 2.63. The van der Waals surface area contributed by atoms with Crippen LogP contribution < -0.4 is 5.73 Å². The Hall–Kier alpha value is -1.23. The Labute approximate surface area is 85.1 Å². The summed E-state index contributed by atoms with van der Waals surface area (Å²) in [6.07, 6.45) is 2.46. The molecule has 0 bridgehead atoms. The van der Waals surface area contributed by atoms with Gasteiger partial charge in [-0.25, -0.2) is 4.98 Å². The highest BCUT2D eigenvalue weighted by atomic mass is 32.1. The molecule has 0 radical (unpaired) electrons. The maximum absolute atomic E-state index is 11.4. The summed E-state index contributed by atoms with van der Waals surface area (Å²) in [6, 6.07) is 0. The van der Waals surface area contributed by atoms with Crippen LogP contribution in [0.25, 0.3) is 0 Å². The molecule has 0 unspecified atom stereocenters. The zero-order valence-corrected chi connectivity index (χ0v) is 8.39. The number of rotatable bonds is 2. The van der Waals surface area contributed by atoms with E-state index >= 15 is 0 Å². The number of ketones is 1. The molecular weight excluding hydrogens is 200 g/mol. The van der Waals surface area contributed by atoms with Crippen LogP contribution >= 0.6 is 11.3 Å². The molecule has 0 saturated heterocycles. The van der Waals surface area contributed by atoms with E-state index in [9.17, 15) is 9.59 Å². The van der Waals surface area contributed by atoms with Gasteiger partial charge in [-0.15, -0.1) is 11.3 Å². The number of fused-ring (bicyclic) bond motifs is 1. The van der Waals surface area contributed by atoms with Gasteiger partial charge in [0, 0.05) is 6.42 Å². The van der Waals surface area contributed by atoms with Crippen molar-refractivity contribution in [2.24, 2.45) is 5.73 Å². The van der Waals surface area contributed by atoms with E-state index in [-0.39, 0.29) is 12.2 Å². The average molecular weight is 210 g/mol. The van der Waals surface area contributed by atoms with Crippen molar-refractivity contribution in [1.82, 2.24) is 4.98 Å². The lowest BCUT2D eigenvalue weighted by molar-refractivity contribution is -0.117. The number of nitrogens with two attached hydrogens (primary N) is 1. The van der Waals surface area contributed by atoms with Gasteiger partial charge >= 0.3 is 0 Å². The Kier molecular flexibility index (Phi) is 2.33. The zero-order chi connectivity index (χ0) is 10.1. The third-order valence-electron chi connectivity index (χ3n) is 2.14. The van der Waals surface area contributed by atoms with Crippen molar-refractivity contribution >= 4 is 23.0 Å². The fourth-order valence-electron chi connectivity index (χ4n) is 1.54. The first-order valence-corrected chi connectivity index (χ1v) is 5.28. The van der Waals surface area contributed by atoms with Crippen LogP contribution in [0.1, 0.15) is 33.2 Å². The molecule has 1 aromatic heterocycles. The number of aryl methyl sites for hydroxylation is 1. The van der Waals surface area contributed by atoms with Crippen LogP contribution in [0, 0.1) is 0 Å². The van der Waals surface area contributed by atoms with Crippen LogP contribution in [0.15, 0.2) is 0 Å². The molecule has 74 valence electrons. The molecule has 1 aromatic rings. The van der Waals surface area contributed by atoms with Gasteiger partial charge in [-0.3, -0.25) is 9.59 Å². The predicted octanol–water partition coefficient (Wildman–Crippen LogP) is 0.690. The van der Waals surface area contributed by atoms with E-state index in [1.807, 2.05) is 0 Å². The molecule has 0 saturated carbocycles. The zero-order valence-electron chi connectivity index (χ0n) is 7.58. The summed E-state index contributed by atoms with van der Waals surface area (Å²) >= 11 is 1.31. The molecule has 2 rings (SSSR count). The molecule has 0 aromatic carbocycles. The van der Waals surface area contributed by atoms with E-state index in [1.165, 1.54) is 11.3 Å². The molecule has 0 aliphatic heterocycles. The van der Waals surface area contributed by atoms with Gasteiger partial charge in [0.25, 0.3) is 0 Å². The molecule has 1 aliphatic rings. The molecule has 2 N–H and O–H groups in total. The first-order valence-electron chi connectivity index (χ1n) is 4.47. The molecule has 0 fully saturated rings. The van der Waals surface area contributed by atoms with Crippen molar-refractivity contribution in [2.45, 2.75) is 25.7 Å². The highest BCUT2D eigenvalue weighted by molar-refractivity contribution is 7.14. The van der Waals surface area contributed by atoms with E-state index < -0.39 is 5.91 Å². The smallest absolute Gasteiger partial charge is 0.224 e. The van der Waals surface area contributed by atoms with Crippen molar-refractivity contribution in [1.29, 1.82) is 0 Å². The highest BCUT2D eigenvalue weighted by Gasteiger charge is 2.22. The Balaban J connectivity index is 2.30. The van der Waals surface area contributed by atoms with Crippen LogP contribution in [0.2, 0.25) is 0 Å². The second kappa shape index (κ2) is 3.49. The molecular formula is C9H10N2O2S. The third kappa shape index (κ3) is 1.68. The van der Waals surface area contributed by atoms with Crippen LogP contribution in [-0.4, -0.2) is 16.7 Å². The molecule has 0 atom stereocenters. The molecule has 1 heterocycles. The predicted molar refractivity (Wildman–Crippen MR) is 52.3 cm³/mol. The number of hydrogen-bond acceptors (Lipinski definition) is 4. The summed E-state index contributed by atoms with van der Waals surface area (Å²) in [7, 11) is 0. The van der Waals surface area contributed by atoms with E-state index in [2.05, 4.69) is 4.98 Å². The maximum atomic E-state index is 11.4. The van der Waals surface area contributed by atoms with Crippen LogP contribution in [0.5, 0.6) is 0 Å². The molecule has 1 amide bonds. The van der Waals surface area contributed by atoms with E-state index in [0.717, 1.165) is 23.4 Å². The topological polar surface area (TPSA) is 73.1 Å². The molecule has 1 aliphatic carbocycles. The van der Waals surface area contributed by atoms with Crippen molar-refractivity contribution in [3.05, 3.63) is 15.6 Å². The van der Waals surface area contributed by atoms with Gasteiger partial charge < -0.3 is 5.73 Å². The third-order valence-corrected chi connectivity index (χ3v) is 3.28. The number of nitrogens with zero attached hydrogens (tertiary/aromatic N) is 1. The lowest BCUT2D eigenvalue weighted by Crippen LogP contribution is -2.13. The molecule has 0 spiro atoms. The first-order chi connectivity index (χ1) is 6.66. The van der Waals surface area contributed by atoms with Crippen molar-refractivity contribution < 1.29 is 9.59 Å². The number of carbonyl (C=O) groups excluding carboxylic acids is 2. The van der Waals surface area contributed by atoms with E-state index in [1.54, 1.807) is 0 Å². The minimum atomic E-state index is -0.399. The summed E-state index contributed by atoms with van der Waals surface area (Å²) in [5.41, 5.74) is 5.91. The SMILES string of the molecule is NC(=O)Cc1nc2c(s1)C(=O)CCC2. The Morgan fingerprint density at radius 3 is 2.93 bits per heavy atom. The summed E-state index contributed by atoms with van der Waals surface area (Å²) in [6.45, 7) is 0. The van der Waals surface area contributed by atoms with Crippen LogP contribution in [0.4, 0.5) is 0 Å². The quantitative estimate of drug-likeness (QED) is 0.780. The summed E-state index contributed by atoms with van der Waals surface area (Å²) in [5.74, 6) is -0.247. The number of carbonyl (C=O) groups is 2. The average Bonchev–Trinajstić information content (AvgIpc) is 2.47. The normalized spacial score (nSPS) is 15.3. The lowest BCUT2D eigenvalue weighted by Gasteiger charge is -2.06. The van der Waals surface area contributed by atoms with Crippen molar-refractivity contribution in [3.63, 3.8) is 0 Å². The van der Waals surface area contributed by atoms with Gasteiger partial charge in [-0.2, -0.15) is 0 Å². The van der Waals surface area contributed by atoms with Gasteiger partial charge in [0.15, 0.2) is 5.78 Å². The fraction of sp³-hybridized carbons (Fsp3) is 0.444. The summed E-state index contributed by atoms with van der Waals surface area (Å²) in [4.78, 5) is 27.1. The first kappa shape index (κ1) is 9.33. The number of amides is 1. The second-order valence-electron chi connectivity index (χ2n) is 3.30.